The third-order valence-corrected chi connectivity index (χ3v) is 8.06. The van der Waals surface area contributed by atoms with Crippen LogP contribution in [0.1, 0.15) is 43.0 Å². The topological polar surface area (TPSA) is 77.0 Å². The van der Waals surface area contributed by atoms with Crippen LogP contribution >= 0.6 is 15.9 Å². The SMILES string of the molecule is Cc1ccc(/C=N/NC(=O)c2cc(Br)ccc2NC(=O)c2ccc(CN3CCN(c4ccc(F)cc4)CC3)cc2)cc1C. The molecule has 1 aliphatic rings. The smallest absolute Gasteiger partial charge is 0.273 e. The van der Waals surface area contributed by atoms with Crippen LogP contribution in [0.2, 0.25) is 0 Å². The minimum atomic E-state index is -0.438. The lowest BCUT2D eigenvalue weighted by molar-refractivity contribution is 0.0956. The molecule has 43 heavy (non-hydrogen) atoms. The van der Waals surface area contributed by atoms with Gasteiger partial charge in [0.1, 0.15) is 5.82 Å². The molecule has 0 saturated carbocycles. The lowest BCUT2D eigenvalue weighted by Gasteiger charge is -2.36. The van der Waals surface area contributed by atoms with Crippen LogP contribution in [0, 0.1) is 19.7 Å². The highest BCUT2D eigenvalue weighted by atomic mass is 79.9. The normalized spacial score (nSPS) is 13.7. The Morgan fingerprint density at radius 2 is 1.58 bits per heavy atom. The number of anilines is 2. The van der Waals surface area contributed by atoms with Crippen molar-refractivity contribution in [2.75, 3.05) is 36.4 Å². The van der Waals surface area contributed by atoms with Crippen molar-refractivity contribution < 1.29 is 14.0 Å². The number of carbonyl (C=O) groups excluding carboxylic acids is 2. The van der Waals surface area contributed by atoms with E-state index in [0.29, 0.717) is 15.7 Å². The van der Waals surface area contributed by atoms with Gasteiger partial charge >= 0.3 is 0 Å². The van der Waals surface area contributed by atoms with Crippen LogP contribution in [0.15, 0.2) is 94.5 Å². The van der Waals surface area contributed by atoms with Crippen LogP contribution in [0.4, 0.5) is 15.8 Å². The van der Waals surface area contributed by atoms with Gasteiger partial charge in [0.25, 0.3) is 11.8 Å². The van der Waals surface area contributed by atoms with Gasteiger partial charge in [0, 0.05) is 48.4 Å². The maximum Gasteiger partial charge on any atom is 0.273 e. The van der Waals surface area contributed by atoms with Crippen LogP contribution in [0.5, 0.6) is 0 Å². The molecule has 0 aliphatic carbocycles. The monoisotopic (exact) mass is 641 g/mol. The number of hydrogen-bond acceptors (Lipinski definition) is 5. The Bertz CT molecular complexity index is 1630. The van der Waals surface area contributed by atoms with Crippen LogP contribution in [-0.2, 0) is 6.54 Å². The van der Waals surface area contributed by atoms with Gasteiger partial charge < -0.3 is 10.2 Å². The second-order valence-electron chi connectivity index (χ2n) is 10.6. The van der Waals surface area contributed by atoms with Crippen LogP contribution < -0.4 is 15.6 Å². The number of nitrogens with zero attached hydrogens (tertiary/aromatic N) is 3. The van der Waals surface area contributed by atoms with Gasteiger partial charge in [0.15, 0.2) is 0 Å². The molecule has 1 aliphatic heterocycles. The first-order chi connectivity index (χ1) is 20.7. The summed E-state index contributed by atoms with van der Waals surface area (Å²) in [6, 6.07) is 25.2. The first-order valence-corrected chi connectivity index (χ1v) is 14.9. The van der Waals surface area contributed by atoms with E-state index in [1.54, 1.807) is 36.5 Å². The number of aryl methyl sites for hydroxylation is 2. The summed E-state index contributed by atoms with van der Waals surface area (Å²) in [6.45, 7) is 8.36. The fourth-order valence-electron chi connectivity index (χ4n) is 4.91. The zero-order chi connectivity index (χ0) is 30.3. The first kappa shape index (κ1) is 30.1. The van der Waals surface area contributed by atoms with Gasteiger partial charge in [0.2, 0.25) is 0 Å². The number of halogens is 2. The highest BCUT2D eigenvalue weighted by Gasteiger charge is 2.18. The summed E-state index contributed by atoms with van der Waals surface area (Å²) in [5.41, 5.74) is 9.07. The molecule has 0 unspecified atom stereocenters. The van der Waals surface area contributed by atoms with E-state index in [1.165, 1.54) is 17.7 Å². The fourth-order valence-corrected chi connectivity index (χ4v) is 5.28. The molecule has 1 fully saturated rings. The Morgan fingerprint density at radius 3 is 2.28 bits per heavy atom. The molecule has 5 rings (SSSR count). The average molecular weight is 643 g/mol. The molecule has 0 bridgehead atoms. The van der Waals surface area contributed by atoms with Crippen molar-refractivity contribution in [3.63, 3.8) is 0 Å². The molecule has 0 radical (unpaired) electrons. The lowest BCUT2D eigenvalue weighted by Crippen LogP contribution is -2.45. The van der Waals surface area contributed by atoms with E-state index in [-0.39, 0.29) is 17.3 Å². The predicted octanol–water partition coefficient (Wildman–Crippen LogP) is 6.54. The Morgan fingerprint density at radius 1 is 0.860 bits per heavy atom. The van der Waals surface area contributed by atoms with Gasteiger partial charge in [-0.3, -0.25) is 14.5 Å². The van der Waals surface area contributed by atoms with Crippen LogP contribution in [0.3, 0.4) is 0 Å². The first-order valence-electron chi connectivity index (χ1n) is 14.1. The molecule has 4 aromatic rings. The van der Waals surface area contributed by atoms with Crippen molar-refractivity contribution in [1.29, 1.82) is 0 Å². The highest BCUT2D eigenvalue weighted by molar-refractivity contribution is 9.10. The summed E-state index contributed by atoms with van der Waals surface area (Å²) < 4.78 is 13.9. The van der Waals surface area contributed by atoms with E-state index in [4.69, 9.17) is 0 Å². The van der Waals surface area contributed by atoms with E-state index in [9.17, 15) is 14.0 Å². The molecule has 1 heterocycles. The maximum atomic E-state index is 13.2. The number of hydrogen-bond donors (Lipinski definition) is 2. The number of amides is 2. The molecule has 9 heteroatoms. The van der Waals surface area contributed by atoms with Crippen molar-refractivity contribution in [3.8, 4) is 0 Å². The molecule has 7 nitrogen and oxygen atoms in total. The van der Waals surface area contributed by atoms with Gasteiger partial charge in [-0.15, -0.1) is 0 Å². The lowest BCUT2D eigenvalue weighted by atomic mass is 10.1. The van der Waals surface area contributed by atoms with Gasteiger partial charge in [-0.05, 0) is 90.7 Å². The van der Waals surface area contributed by atoms with Crippen molar-refractivity contribution in [1.82, 2.24) is 10.3 Å². The van der Waals surface area contributed by atoms with Crippen molar-refractivity contribution in [3.05, 3.63) is 129 Å². The number of carbonyl (C=O) groups is 2. The molecule has 2 N–H and O–H groups in total. The zero-order valence-corrected chi connectivity index (χ0v) is 25.7. The summed E-state index contributed by atoms with van der Waals surface area (Å²) in [5.74, 6) is -0.974. The second-order valence-corrected chi connectivity index (χ2v) is 11.5. The Hall–Kier alpha value is -4.34. The van der Waals surface area contributed by atoms with Crippen molar-refractivity contribution in [2.24, 2.45) is 5.10 Å². The van der Waals surface area contributed by atoms with E-state index in [1.807, 2.05) is 56.3 Å². The number of rotatable bonds is 8. The highest BCUT2D eigenvalue weighted by Crippen LogP contribution is 2.23. The van der Waals surface area contributed by atoms with E-state index in [2.05, 4.69) is 41.6 Å². The van der Waals surface area contributed by atoms with Crippen LogP contribution in [-0.4, -0.2) is 49.1 Å². The summed E-state index contributed by atoms with van der Waals surface area (Å²) in [7, 11) is 0. The average Bonchev–Trinajstić information content (AvgIpc) is 3.01. The molecular weight excluding hydrogens is 609 g/mol. The number of nitrogens with one attached hydrogen (secondary N) is 2. The molecule has 0 aromatic heterocycles. The summed E-state index contributed by atoms with van der Waals surface area (Å²) in [5, 5.41) is 6.97. The fraction of sp³-hybridized carbons (Fsp3) is 0.206. The molecule has 220 valence electrons. The maximum absolute atomic E-state index is 13.2. The Balaban J connectivity index is 1.17. The molecule has 4 aromatic carbocycles. The standard InChI is InChI=1S/C34H33BrFN5O2/c1-23-3-4-26(19-24(23)2)21-37-39-34(43)31-20-28(35)9-14-32(31)38-33(42)27-7-5-25(6-8-27)22-40-15-17-41(18-16-40)30-12-10-29(36)11-13-30/h3-14,19-21H,15-18,22H2,1-2H3,(H,38,42)(H,39,43)/b37-21+. The molecule has 0 spiro atoms. The predicted molar refractivity (Wildman–Crippen MR) is 173 cm³/mol. The molecule has 1 saturated heterocycles. The largest absolute Gasteiger partial charge is 0.369 e. The van der Waals surface area contributed by atoms with Crippen LogP contribution in [0.25, 0.3) is 0 Å². The van der Waals surface area contributed by atoms with Gasteiger partial charge in [-0.25, -0.2) is 9.82 Å². The minimum Gasteiger partial charge on any atom is -0.369 e. The minimum absolute atomic E-state index is 0.225. The van der Waals surface area contributed by atoms with E-state index in [0.717, 1.165) is 55.1 Å². The quantitative estimate of drug-likeness (QED) is 0.169. The molecule has 0 atom stereocenters. The number of piperazine rings is 1. The Kier molecular flexibility index (Phi) is 9.64. The molecular formula is C34H33BrFN5O2. The van der Waals surface area contributed by atoms with Gasteiger partial charge in [-0.1, -0.05) is 46.3 Å². The van der Waals surface area contributed by atoms with Crippen molar-refractivity contribution >= 4 is 45.3 Å². The van der Waals surface area contributed by atoms with Gasteiger partial charge in [0.05, 0.1) is 17.5 Å². The van der Waals surface area contributed by atoms with E-state index < -0.39 is 5.91 Å². The van der Waals surface area contributed by atoms with Crippen molar-refractivity contribution in [2.45, 2.75) is 20.4 Å². The number of benzene rings is 4. The third kappa shape index (κ3) is 7.94. The molecule has 2 amide bonds. The van der Waals surface area contributed by atoms with E-state index >= 15 is 0 Å². The number of hydrazone groups is 1. The Labute approximate surface area is 259 Å². The summed E-state index contributed by atoms with van der Waals surface area (Å²) in [6.07, 6.45) is 1.59. The zero-order valence-electron chi connectivity index (χ0n) is 24.1. The third-order valence-electron chi connectivity index (χ3n) is 7.57. The summed E-state index contributed by atoms with van der Waals surface area (Å²) in [4.78, 5) is 30.7. The second kappa shape index (κ2) is 13.8. The summed E-state index contributed by atoms with van der Waals surface area (Å²) >= 11 is 3.41. The van der Waals surface area contributed by atoms with Gasteiger partial charge in [-0.2, -0.15) is 5.10 Å².